The van der Waals surface area contributed by atoms with Crippen LogP contribution in [-0.4, -0.2) is 20.6 Å². The van der Waals surface area contributed by atoms with Crippen LogP contribution in [0.15, 0.2) is 58.5 Å². The van der Waals surface area contributed by atoms with Crippen molar-refractivity contribution in [3.63, 3.8) is 0 Å². The van der Waals surface area contributed by atoms with Gasteiger partial charge in [-0.05, 0) is 35.4 Å². The fourth-order valence-electron chi connectivity index (χ4n) is 3.42. The predicted octanol–water partition coefficient (Wildman–Crippen LogP) is 3.91. The summed E-state index contributed by atoms with van der Waals surface area (Å²) in [4.78, 5) is 29.5. The third-order valence-corrected chi connectivity index (χ3v) is 6.21. The van der Waals surface area contributed by atoms with Gasteiger partial charge in [0.15, 0.2) is 5.16 Å². The number of thioether (sulfide) groups is 1. The van der Waals surface area contributed by atoms with Gasteiger partial charge in [0.05, 0.1) is 5.56 Å². The van der Waals surface area contributed by atoms with Crippen molar-refractivity contribution in [1.29, 1.82) is 0 Å². The van der Waals surface area contributed by atoms with E-state index in [-0.39, 0.29) is 23.6 Å². The lowest BCUT2D eigenvalue weighted by molar-refractivity contribution is -0.116. The molecule has 0 saturated carbocycles. The number of aromatic nitrogens is 2. The van der Waals surface area contributed by atoms with E-state index >= 15 is 0 Å². The molecule has 4 rings (SSSR count). The lowest BCUT2D eigenvalue weighted by Gasteiger charge is -2.27. The van der Waals surface area contributed by atoms with E-state index in [0.29, 0.717) is 32.9 Å². The number of hydrogen-bond acceptors (Lipinski definition) is 5. The molecule has 2 aromatic carbocycles. The van der Waals surface area contributed by atoms with Crippen molar-refractivity contribution in [2.75, 3.05) is 5.32 Å². The van der Waals surface area contributed by atoms with Crippen molar-refractivity contribution < 1.29 is 9.90 Å². The first-order valence-electron chi connectivity index (χ1n) is 8.99. The van der Waals surface area contributed by atoms with Gasteiger partial charge in [-0.3, -0.25) is 9.59 Å². The molecule has 1 unspecified atom stereocenters. The quantitative estimate of drug-likeness (QED) is 0.487. The molecule has 0 bridgehead atoms. The van der Waals surface area contributed by atoms with Crippen LogP contribution in [0.3, 0.4) is 0 Å². The number of phenols is 1. The first-order valence-corrected chi connectivity index (χ1v) is 10.4. The Morgan fingerprint density at radius 1 is 1.24 bits per heavy atom. The van der Waals surface area contributed by atoms with Crippen molar-refractivity contribution in [3.8, 4) is 5.75 Å². The van der Waals surface area contributed by atoms with E-state index in [4.69, 9.17) is 11.6 Å². The van der Waals surface area contributed by atoms with E-state index in [1.165, 1.54) is 11.8 Å². The highest BCUT2D eigenvalue weighted by Gasteiger charge is 2.32. The summed E-state index contributed by atoms with van der Waals surface area (Å²) < 4.78 is 1.74. The number of fused-ring (bicyclic) bond motifs is 1. The van der Waals surface area contributed by atoms with Gasteiger partial charge in [-0.25, -0.2) is 0 Å². The second-order valence-electron chi connectivity index (χ2n) is 6.84. The van der Waals surface area contributed by atoms with E-state index in [2.05, 4.69) is 10.3 Å². The number of carbonyl (C=O) groups excluding carboxylic acids is 1. The number of anilines is 1. The zero-order valence-corrected chi connectivity index (χ0v) is 17.1. The normalized spacial score (nSPS) is 15.7. The van der Waals surface area contributed by atoms with Crippen molar-refractivity contribution in [2.45, 2.75) is 23.2 Å². The smallest absolute Gasteiger partial charge is 0.279 e. The molecular formula is C21H18ClN3O3S. The Bertz CT molecular complexity index is 1140. The number of halogens is 1. The second-order valence-corrected chi connectivity index (χ2v) is 8.21. The Balaban J connectivity index is 1.71. The number of nitrogens with zero attached hydrogens (tertiary/aromatic N) is 2. The average Bonchev–Trinajstić information content (AvgIpc) is 2.70. The van der Waals surface area contributed by atoms with Crippen LogP contribution in [0.2, 0.25) is 5.02 Å². The number of rotatable bonds is 4. The number of aromatic hydroxyl groups is 1. The minimum atomic E-state index is -0.452. The minimum Gasteiger partial charge on any atom is -0.508 e. The number of hydrogen-bond donors (Lipinski definition) is 2. The minimum absolute atomic E-state index is 0.0926. The highest BCUT2D eigenvalue weighted by atomic mass is 35.5. The molecular weight excluding hydrogens is 410 g/mol. The first-order chi connectivity index (χ1) is 13.9. The molecule has 8 heteroatoms. The number of nitrogens with one attached hydrogen (secondary N) is 1. The second kappa shape index (κ2) is 7.93. The number of carbonyl (C=O) groups is 1. The molecule has 2 heterocycles. The Morgan fingerprint density at radius 2 is 2.00 bits per heavy atom. The molecule has 148 valence electrons. The first kappa shape index (κ1) is 19.5. The van der Waals surface area contributed by atoms with Crippen molar-refractivity contribution in [2.24, 2.45) is 7.05 Å². The Hall–Kier alpha value is -2.77. The molecule has 3 aromatic rings. The van der Waals surface area contributed by atoms with Crippen molar-refractivity contribution in [3.05, 3.63) is 80.6 Å². The Kier molecular flexibility index (Phi) is 5.34. The zero-order valence-electron chi connectivity index (χ0n) is 15.6. The summed E-state index contributed by atoms with van der Waals surface area (Å²) in [5.74, 6) is 0.524. The number of benzene rings is 2. The molecule has 1 aromatic heterocycles. The SMILES string of the molecule is Cn1c(SCc2ccc(Cl)cc2)nc(=O)c2c1NC(=O)CC2c1cccc(O)c1. The monoisotopic (exact) mass is 427 g/mol. The summed E-state index contributed by atoms with van der Waals surface area (Å²) in [6, 6.07) is 14.1. The fourth-order valence-corrected chi connectivity index (χ4v) is 4.47. The number of phenolic OH excluding ortho intramolecular Hbond substituents is 1. The molecule has 0 spiro atoms. The van der Waals surface area contributed by atoms with Crippen LogP contribution in [0, 0.1) is 0 Å². The third kappa shape index (κ3) is 4.02. The summed E-state index contributed by atoms with van der Waals surface area (Å²) in [7, 11) is 1.78. The predicted molar refractivity (Wildman–Crippen MR) is 114 cm³/mol. The fraction of sp³-hybridized carbons (Fsp3) is 0.190. The highest BCUT2D eigenvalue weighted by molar-refractivity contribution is 7.98. The lowest BCUT2D eigenvalue weighted by atomic mass is 9.86. The number of amides is 1. The van der Waals surface area contributed by atoms with Crippen molar-refractivity contribution in [1.82, 2.24) is 9.55 Å². The van der Waals surface area contributed by atoms with Gasteiger partial charge in [0.25, 0.3) is 5.56 Å². The summed E-state index contributed by atoms with van der Waals surface area (Å²) in [5, 5.41) is 13.8. The van der Waals surface area contributed by atoms with Gasteiger partial charge >= 0.3 is 0 Å². The average molecular weight is 428 g/mol. The third-order valence-electron chi connectivity index (χ3n) is 4.85. The lowest BCUT2D eigenvalue weighted by Crippen LogP contribution is -2.33. The molecule has 1 atom stereocenters. The van der Waals surface area contributed by atoms with Crippen molar-refractivity contribution >= 4 is 35.1 Å². The highest BCUT2D eigenvalue weighted by Crippen LogP contribution is 2.37. The van der Waals surface area contributed by atoms with Gasteiger partial charge < -0.3 is 15.0 Å². The molecule has 1 amide bonds. The van der Waals surface area contributed by atoms with E-state index in [0.717, 1.165) is 5.56 Å². The molecule has 0 fully saturated rings. The maximum atomic E-state index is 12.9. The van der Waals surface area contributed by atoms with Crippen LogP contribution < -0.4 is 10.9 Å². The molecule has 1 aliphatic rings. The van der Waals surface area contributed by atoms with Gasteiger partial charge in [0, 0.05) is 30.2 Å². The van der Waals surface area contributed by atoms with Crippen LogP contribution >= 0.6 is 23.4 Å². The van der Waals surface area contributed by atoms with E-state index in [1.54, 1.807) is 35.9 Å². The van der Waals surface area contributed by atoms with Gasteiger partial charge in [-0.15, -0.1) is 0 Å². The van der Waals surface area contributed by atoms with Crippen LogP contribution in [-0.2, 0) is 17.6 Å². The molecule has 29 heavy (non-hydrogen) atoms. The molecule has 0 aliphatic carbocycles. The van der Waals surface area contributed by atoms with Crippen LogP contribution in [0.4, 0.5) is 5.82 Å². The van der Waals surface area contributed by atoms with Crippen LogP contribution in [0.25, 0.3) is 0 Å². The van der Waals surface area contributed by atoms with Gasteiger partial charge in [0.2, 0.25) is 5.91 Å². The van der Waals surface area contributed by atoms with Crippen LogP contribution in [0.1, 0.15) is 29.0 Å². The summed E-state index contributed by atoms with van der Waals surface area (Å²) in [6.07, 6.45) is 0.130. The van der Waals surface area contributed by atoms with Gasteiger partial charge in [0.1, 0.15) is 11.6 Å². The Labute approximate surface area is 176 Å². The maximum absolute atomic E-state index is 12.9. The topological polar surface area (TPSA) is 84.2 Å². The summed E-state index contributed by atoms with van der Waals surface area (Å²) in [6.45, 7) is 0. The molecule has 0 saturated heterocycles. The van der Waals surface area contributed by atoms with E-state index < -0.39 is 5.92 Å². The zero-order chi connectivity index (χ0) is 20.5. The molecule has 0 radical (unpaired) electrons. The Morgan fingerprint density at radius 3 is 2.72 bits per heavy atom. The van der Waals surface area contributed by atoms with Gasteiger partial charge in [-0.1, -0.05) is 47.6 Å². The summed E-state index contributed by atoms with van der Waals surface area (Å²) >= 11 is 7.33. The summed E-state index contributed by atoms with van der Waals surface area (Å²) in [5.41, 5.74) is 1.83. The maximum Gasteiger partial charge on any atom is 0.279 e. The largest absolute Gasteiger partial charge is 0.508 e. The molecule has 1 aliphatic heterocycles. The molecule has 6 nitrogen and oxygen atoms in total. The van der Waals surface area contributed by atoms with Crippen LogP contribution in [0.5, 0.6) is 5.75 Å². The van der Waals surface area contributed by atoms with E-state index in [1.807, 2.05) is 24.3 Å². The van der Waals surface area contributed by atoms with E-state index in [9.17, 15) is 14.7 Å². The van der Waals surface area contributed by atoms with Gasteiger partial charge in [-0.2, -0.15) is 4.98 Å². The standard InChI is InChI=1S/C21H18ClN3O3S/c1-25-19-18(16(10-17(27)23-19)13-3-2-4-15(26)9-13)20(28)24-21(25)29-11-12-5-7-14(22)8-6-12/h2-9,16,26H,10-11H2,1H3,(H,23,27). The molecule has 2 N–H and O–H groups in total.